The molecular weight excluding hydrogens is 308 g/mol. The van der Waals surface area contributed by atoms with E-state index in [2.05, 4.69) is 15.9 Å². The summed E-state index contributed by atoms with van der Waals surface area (Å²) < 4.78 is 5.17. The van der Waals surface area contributed by atoms with Gasteiger partial charge in [0.25, 0.3) is 5.91 Å². The number of methoxy groups -OCH3 is 1. The molecule has 1 aromatic heterocycles. The lowest BCUT2D eigenvalue weighted by molar-refractivity contribution is 0.0764. The number of amides is 1. The highest BCUT2D eigenvalue weighted by molar-refractivity contribution is 7.14. The lowest BCUT2D eigenvalue weighted by Crippen LogP contribution is -2.35. The maximum atomic E-state index is 12.9. The highest BCUT2D eigenvalue weighted by Crippen LogP contribution is 2.29. The van der Waals surface area contributed by atoms with Crippen LogP contribution in [-0.4, -0.2) is 62.1 Å². The van der Waals surface area contributed by atoms with Crippen molar-refractivity contribution in [2.24, 2.45) is 0 Å². The van der Waals surface area contributed by atoms with Crippen molar-refractivity contribution in [2.45, 2.75) is 38.5 Å². The third-order valence-corrected chi connectivity index (χ3v) is 6.17. The number of hydrogen-bond donors (Lipinski definition) is 0. The van der Waals surface area contributed by atoms with Gasteiger partial charge in [-0.15, -0.1) is 11.3 Å². The number of hydrogen-bond acceptors (Lipinski definition) is 4. The average molecular weight is 337 g/mol. The van der Waals surface area contributed by atoms with Gasteiger partial charge in [-0.1, -0.05) is 6.42 Å². The Morgan fingerprint density at radius 3 is 2.87 bits per heavy atom. The summed E-state index contributed by atoms with van der Waals surface area (Å²) in [6, 6.07) is 2.18. The van der Waals surface area contributed by atoms with E-state index >= 15 is 0 Å². The molecule has 1 aromatic rings. The van der Waals surface area contributed by atoms with E-state index in [0.717, 1.165) is 63.5 Å². The zero-order valence-electron chi connectivity index (χ0n) is 14.2. The van der Waals surface area contributed by atoms with E-state index in [1.54, 1.807) is 18.4 Å². The monoisotopic (exact) mass is 336 g/mol. The van der Waals surface area contributed by atoms with Crippen LogP contribution >= 0.6 is 11.3 Å². The molecule has 3 rings (SSSR count). The second-order valence-electron chi connectivity index (χ2n) is 6.60. The quantitative estimate of drug-likeness (QED) is 0.793. The molecule has 23 heavy (non-hydrogen) atoms. The minimum absolute atomic E-state index is 0.247. The molecular formula is C18H28N2O2S. The topological polar surface area (TPSA) is 32.8 Å². The number of carbonyl (C=O) groups is 1. The fourth-order valence-corrected chi connectivity index (χ4v) is 4.77. The summed E-state index contributed by atoms with van der Waals surface area (Å²) in [7, 11) is 1.74. The Kier molecular flexibility index (Phi) is 6.08. The van der Waals surface area contributed by atoms with E-state index < -0.39 is 0 Å². The second kappa shape index (κ2) is 8.27. The van der Waals surface area contributed by atoms with Gasteiger partial charge < -0.3 is 9.64 Å². The first kappa shape index (κ1) is 16.9. The molecule has 0 bridgehead atoms. The van der Waals surface area contributed by atoms with Gasteiger partial charge in [0.1, 0.15) is 0 Å². The molecule has 128 valence electrons. The normalized spacial score (nSPS) is 20.0. The van der Waals surface area contributed by atoms with Gasteiger partial charge in [0.2, 0.25) is 0 Å². The van der Waals surface area contributed by atoms with E-state index in [9.17, 15) is 4.79 Å². The van der Waals surface area contributed by atoms with Gasteiger partial charge in [0, 0.05) is 38.2 Å². The number of fused-ring (bicyclic) bond motifs is 1. The summed E-state index contributed by atoms with van der Waals surface area (Å²) in [6.07, 6.45) is 7.26. The molecule has 0 N–H and O–H groups in total. The summed E-state index contributed by atoms with van der Waals surface area (Å²) in [6.45, 7) is 5.47. The first-order valence-corrected chi connectivity index (χ1v) is 9.71. The summed E-state index contributed by atoms with van der Waals surface area (Å²) in [5.41, 5.74) is 1.44. The molecule has 5 heteroatoms. The minimum atomic E-state index is 0.247. The van der Waals surface area contributed by atoms with Crippen LogP contribution in [0.1, 0.15) is 45.8 Å². The van der Waals surface area contributed by atoms with Crippen LogP contribution in [0.4, 0.5) is 0 Å². The van der Waals surface area contributed by atoms with Gasteiger partial charge in [-0.05, 0) is 50.3 Å². The predicted octanol–water partition coefficient (Wildman–Crippen LogP) is 2.81. The van der Waals surface area contributed by atoms with Gasteiger partial charge in [0.15, 0.2) is 0 Å². The van der Waals surface area contributed by atoms with Crippen LogP contribution in [0.5, 0.6) is 0 Å². The summed E-state index contributed by atoms with van der Waals surface area (Å²) >= 11 is 1.75. The van der Waals surface area contributed by atoms with Crippen LogP contribution in [0, 0.1) is 0 Å². The van der Waals surface area contributed by atoms with Crippen LogP contribution in [0.15, 0.2) is 6.07 Å². The number of ether oxygens (including phenoxy) is 1. The molecule has 0 saturated carbocycles. The SMILES string of the molecule is COCCN1CCCN(C(=O)c2cc3c(s2)CCCCC3)CC1. The van der Waals surface area contributed by atoms with Crippen molar-refractivity contribution >= 4 is 17.2 Å². The van der Waals surface area contributed by atoms with Crippen molar-refractivity contribution in [1.29, 1.82) is 0 Å². The molecule has 2 aliphatic rings. The zero-order valence-corrected chi connectivity index (χ0v) is 15.0. The molecule has 1 aliphatic carbocycles. The molecule has 2 heterocycles. The lowest BCUT2D eigenvalue weighted by atomic mass is 10.1. The Bertz CT molecular complexity index is 506. The number of carbonyl (C=O) groups excluding carboxylic acids is 1. The average Bonchev–Trinajstić information content (AvgIpc) is 2.73. The molecule has 1 aliphatic heterocycles. The second-order valence-corrected chi connectivity index (χ2v) is 7.74. The van der Waals surface area contributed by atoms with Gasteiger partial charge in [0.05, 0.1) is 11.5 Å². The first-order chi connectivity index (χ1) is 11.3. The minimum Gasteiger partial charge on any atom is -0.383 e. The van der Waals surface area contributed by atoms with Gasteiger partial charge in [-0.2, -0.15) is 0 Å². The Balaban J connectivity index is 1.61. The van der Waals surface area contributed by atoms with Crippen LogP contribution < -0.4 is 0 Å². The standard InChI is InChI=1S/C18H28N2O2S/c1-22-13-12-19-8-5-9-20(11-10-19)18(21)17-14-15-6-3-2-4-7-16(15)23-17/h14H,2-13H2,1H3. The van der Waals surface area contributed by atoms with E-state index in [-0.39, 0.29) is 5.91 Å². The van der Waals surface area contributed by atoms with Crippen molar-refractivity contribution in [1.82, 2.24) is 9.80 Å². The molecule has 0 unspecified atom stereocenters. The molecule has 0 radical (unpaired) electrons. The maximum Gasteiger partial charge on any atom is 0.263 e. The van der Waals surface area contributed by atoms with Crippen molar-refractivity contribution in [3.8, 4) is 0 Å². The van der Waals surface area contributed by atoms with Crippen molar-refractivity contribution in [2.75, 3.05) is 46.4 Å². The van der Waals surface area contributed by atoms with Crippen LogP contribution in [0.25, 0.3) is 0 Å². The Hall–Kier alpha value is -0.910. The van der Waals surface area contributed by atoms with Crippen molar-refractivity contribution in [3.05, 3.63) is 21.4 Å². The smallest absolute Gasteiger partial charge is 0.263 e. The Morgan fingerprint density at radius 2 is 2.00 bits per heavy atom. The van der Waals surface area contributed by atoms with Crippen molar-refractivity contribution < 1.29 is 9.53 Å². The highest BCUT2D eigenvalue weighted by atomic mass is 32.1. The predicted molar refractivity (Wildman–Crippen MR) is 94.4 cm³/mol. The van der Waals surface area contributed by atoms with Gasteiger partial charge >= 0.3 is 0 Å². The zero-order chi connectivity index (χ0) is 16.1. The molecule has 4 nitrogen and oxygen atoms in total. The Morgan fingerprint density at radius 1 is 1.13 bits per heavy atom. The summed E-state index contributed by atoms with van der Waals surface area (Å²) in [4.78, 5) is 19.7. The molecule has 0 spiro atoms. The summed E-state index contributed by atoms with van der Waals surface area (Å²) in [5.74, 6) is 0.247. The van der Waals surface area contributed by atoms with Crippen molar-refractivity contribution in [3.63, 3.8) is 0 Å². The van der Waals surface area contributed by atoms with E-state index in [1.165, 1.54) is 29.7 Å². The number of rotatable bonds is 4. The van der Waals surface area contributed by atoms with Gasteiger partial charge in [-0.3, -0.25) is 9.69 Å². The highest BCUT2D eigenvalue weighted by Gasteiger charge is 2.23. The fraction of sp³-hybridized carbons (Fsp3) is 0.722. The van der Waals surface area contributed by atoms with Crippen LogP contribution in [-0.2, 0) is 17.6 Å². The molecule has 1 fully saturated rings. The molecule has 0 atom stereocenters. The number of thiophene rings is 1. The molecule has 1 saturated heterocycles. The van der Waals surface area contributed by atoms with E-state index in [1.807, 2.05) is 0 Å². The Labute approximate surface area is 143 Å². The molecule has 0 aromatic carbocycles. The lowest BCUT2D eigenvalue weighted by Gasteiger charge is -2.21. The third-order valence-electron chi connectivity index (χ3n) is 4.94. The van der Waals surface area contributed by atoms with Gasteiger partial charge in [-0.25, -0.2) is 0 Å². The maximum absolute atomic E-state index is 12.9. The largest absolute Gasteiger partial charge is 0.383 e. The number of nitrogens with zero attached hydrogens (tertiary/aromatic N) is 2. The summed E-state index contributed by atoms with van der Waals surface area (Å²) in [5, 5.41) is 0. The van der Waals surface area contributed by atoms with Crippen LogP contribution in [0.3, 0.4) is 0 Å². The number of aryl methyl sites for hydroxylation is 2. The first-order valence-electron chi connectivity index (χ1n) is 8.90. The van der Waals surface area contributed by atoms with E-state index in [4.69, 9.17) is 4.74 Å². The fourth-order valence-electron chi connectivity index (χ4n) is 3.55. The van der Waals surface area contributed by atoms with Crippen LogP contribution in [0.2, 0.25) is 0 Å². The molecule has 1 amide bonds. The third kappa shape index (κ3) is 4.34. The van der Waals surface area contributed by atoms with E-state index in [0.29, 0.717) is 0 Å².